The summed E-state index contributed by atoms with van der Waals surface area (Å²) in [5, 5.41) is 15.7. The van der Waals surface area contributed by atoms with Gasteiger partial charge in [0.15, 0.2) is 0 Å². The van der Waals surface area contributed by atoms with Crippen molar-refractivity contribution in [3.63, 3.8) is 0 Å². The maximum Gasteiger partial charge on any atom is 0.416 e. The molecule has 4 N–H and O–H groups in total. The van der Waals surface area contributed by atoms with Crippen molar-refractivity contribution in [1.29, 1.82) is 0 Å². The number of halogens is 6. The van der Waals surface area contributed by atoms with E-state index in [-0.39, 0.29) is 36.7 Å². The summed E-state index contributed by atoms with van der Waals surface area (Å²) >= 11 is 0. The van der Waals surface area contributed by atoms with Crippen molar-refractivity contribution in [3.05, 3.63) is 75.7 Å². The number of rotatable bonds is 13. The number of hydrogen-bond donors (Lipinski definition) is 4. The molecule has 10 nitrogen and oxygen atoms in total. The molecule has 1 atom stereocenters. The number of alkyl halides is 6. The third-order valence-corrected chi connectivity index (χ3v) is 5.99. The minimum Gasteiger partial charge on any atom is -0.478 e. The predicted octanol–water partition coefficient (Wildman–Crippen LogP) is 4.21. The molecule has 2 rings (SSSR count). The molecule has 240 valence electrons. The molecule has 0 aliphatic rings. The van der Waals surface area contributed by atoms with Gasteiger partial charge in [-0.15, -0.1) is 0 Å². The van der Waals surface area contributed by atoms with Gasteiger partial charge in [0.1, 0.15) is 18.3 Å². The first-order valence-electron chi connectivity index (χ1n) is 13.1. The average Bonchev–Trinajstić information content (AvgIpc) is 2.90. The molecule has 0 spiro atoms. The fraction of sp³-hybridized carbons (Fsp3) is 0.393. The highest BCUT2D eigenvalue weighted by Crippen LogP contribution is 2.36. The quantitative estimate of drug-likeness (QED) is 0.192. The Morgan fingerprint density at radius 3 is 2.14 bits per heavy atom. The smallest absolute Gasteiger partial charge is 0.416 e. The second-order valence-corrected chi connectivity index (χ2v) is 10.0. The maximum absolute atomic E-state index is 13.3. The number of aromatic nitrogens is 1. The molecule has 2 aromatic rings. The molecule has 0 radical (unpaired) electrons. The molecular formula is C28H30F6N4O6. The Bertz CT molecular complexity index is 1420. The molecule has 0 aliphatic heterocycles. The number of benzene rings is 1. The molecule has 0 aliphatic carbocycles. The van der Waals surface area contributed by atoms with Crippen molar-refractivity contribution < 1.29 is 50.6 Å². The lowest BCUT2D eigenvalue weighted by Crippen LogP contribution is -2.44. The van der Waals surface area contributed by atoms with E-state index in [0.717, 1.165) is 16.7 Å². The van der Waals surface area contributed by atoms with Crippen LogP contribution in [0.4, 0.5) is 32.0 Å². The highest BCUT2D eigenvalue weighted by Gasteiger charge is 2.38. The number of pyridine rings is 1. The average molecular weight is 633 g/mol. The van der Waals surface area contributed by atoms with Crippen LogP contribution in [0.1, 0.15) is 54.6 Å². The fourth-order valence-corrected chi connectivity index (χ4v) is 3.73. The van der Waals surface area contributed by atoms with E-state index in [1.165, 1.54) is 18.3 Å². The monoisotopic (exact) mass is 632 g/mol. The van der Waals surface area contributed by atoms with E-state index in [2.05, 4.69) is 16.0 Å². The van der Waals surface area contributed by atoms with Gasteiger partial charge in [-0.3, -0.25) is 19.2 Å². The molecule has 1 heterocycles. The highest BCUT2D eigenvalue weighted by atomic mass is 19.4. The fourth-order valence-electron chi connectivity index (χ4n) is 3.73. The van der Waals surface area contributed by atoms with Gasteiger partial charge in [0.2, 0.25) is 11.8 Å². The molecule has 1 unspecified atom stereocenters. The Morgan fingerprint density at radius 2 is 1.59 bits per heavy atom. The van der Waals surface area contributed by atoms with E-state index < -0.39 is 70.9 Å². The molecule has 3 amide bonds. The van der Waals surface area contributed by atoms with Crippen LogP contribution in [0.25, 0.3) is 0 Å². The van der Waals surface area contributed by atoms with Crippen LogP contribution in [0.2, 0.25) is 0 Å². The van der Waals surface area contributed by atoms with E-state index in [1.54, 1.807) is 0 Å². The molecule has 1 aromatic heterocycles. The lowest BCUT2D eigenvalue weighted by Gasteiger charge is -2.19. The van der Waals surface area contributed by atoms with E-state index in [0.29, 0.717) is 18.9 Å². The summed E-state index contributed by atoms with van der Waals surface area (Å²) in [6.07, 6.45) is -7.18. The summed E-state index contributed by atoms with van der Waals surface area (Å²) in [7, 11) is 0. The van der Waals surface area contributed by atoms with Gasteiger partial charge < -0.3 is 25.6 Å². The van der Waals surface area contributed by atoms with Gasteiger partial charge in [-0.25, -0.2) is 4.79 Å². The molecule has 0 bridgehead atoms. The topological polar surface area (TPSA) is 147 Å². The predicted molar refractivity (Wildman–Crippen MR) is 146 cm³/mol. The number of nitrogens with zero attached hydrogens (tertiary/aromatic N) is 1. The lowest BCUT2D eigenvalue weighted by molar-refractivity contribution is -0.143. The summed E-state index contributed by atoms with van der Waals surface area (Å²) in [5.74, 6) is -4.04. The zero-order valence-corrected chi connectivity index (χ0v) is 23.5. The van der Waals surface area contributed by atoms with Gasteiger partial charge in [-0.05, 0) is 55.5 Å². The number of anilines is 1. The summed E-state index contributed by atoms with van der Waals surface area (Å²) < 4.78 is 80.6. The second-order valence-electron chi connectivity index (χ2n) is 10.0. The van der Waals surface area contributed by atoms with Crippen LogP contribution in [-0.4, -0.2) is 46.0 Å². The van der Waals surface area contributed by atoms with E-state index in [9.17, 15) is 50.3 Å². The Morgan fingerprint density at radius 1 is 0.977 bits per heavy atom. The van der Waals surface area contributed by atoms with Gasteiger partial charge in [0, 0.05) is 24.4 Å². The van der Waals surface area contributed by atoms with Crippen molar-refractivity contribution in [2.75, 3.05) is 11.9 Å². The van der Waals surface area contributed by atoms with Crippen molar-refractivity contribution >= 4 is 29.4 Å². The van der Waals surface area contributed by atoms with Crippen LogP contribution < -0.4 is 21.5 Å². The zero-order chi connectivity index (χ0) is 33.2. The van der Waals surface area contributed by atoms with Crippen LogP contribution in [0.5, 0.6) is 0 Å². The number of carbonyl (C=O) groups is 4. The molecule has 0 fully saturated rings. The number of nitrogens with one attached hydrogen (secondary N) is 3. The number of allylic oxidation sites excluding steroid dienone is 1. The number of carboxylic acid groups (broad SMARTS) is 1. The van der Waals surface area contributed by atoms with E-state index in [4.69, 9.17) is 5.11 Å². The van der Waals surface area contributed by atoms with Gasteiger partial charge in [-0.1, -0.05) is 19.9 Å². The third kappa shape index (κ3) is 11.2. The molecule has 1 aromatic carbocycles. The maximum atomic E-state index is 13.3. The number of carboxylic acids is 1. The molecule has 0 saturated heterocycles. The minimum absolute atomic E-state index is 0.164. The number of amides is 3. The Balaban J connectivity index is 2.33. The minimum atomic E-state index is -5.23. The lowest BCUT2D eigenvalue weighted by atomic mass is 10.0. The normalized spacial score (nSPS) is 12.7. The molecule has 16 heteroatoms. The first kappa shape index (κ1) is 35.6. The number of aliphatic carboxylic acids is 1. The Labute approximate surface area is 247 Å². The first-order valence-corrected chi connectivity index (χ1v) is 13.1. The van der Waals surface area contributed by atoms with Crippen LogP contribution in [-0.2, 0) is 33.3 Å². The van der Waals surface area contributed by atoms with Crippen LogP contribution in [0.3, 0.4) is 0 Å². The van der Waals surface area contributed by atoms with Crippen molar-refractivity contribution in [2.45, 2.75) is 58.0 Å². The Kier molecular flexibility index (Phi) is 12.3. The summed E-state index contributed by atoms with van der Waals surface area (Å²) in [4.78, 5) is 61.8. The van der Waals surface area contributed by atoms with Crippen molar-refractivity contribution in [3.8, 4) is 0 Å². The highest BCUT2D eigenvalue weighted by molar-refractivity contribution is 6.01. The van der Waals surface area contributed by atoms with Crippen molar-refractivity contribution in [1.82, 2.24) is 15.2 Å². The van der Waals surface area contributed by atoms with Gasteiger partial charge in [0.05, 0.1) is 11.1 Å². The summed E-state index contributed by atoms with van der Waals surface area (Å²) in [5.41, 5.74) is -5.70. The zero-order valence-electron chi connectivity index (χ0n) is 23.5. The first-order chi connectivity index (χ1) is 20.4. The van der Waals surface area contributed by atoms with E-state index in [1.807, 2.05) is 13.8 Å². The number of carbonyl (C=O) groups excluding carboxylic acids is 3. The molecule has 44 heavy (non-hydrogen) atoms. The summed E-state index contributed by atoms with van der Waals surface area (Å²) in [6.45, 7) is 3.90. The largest absolute Gasteiger partial charge is 0.478 e. The number of hydrogen-bond acceptors (Lipinski definition) is 5. The standard InChI is InChI=1S/C28H30F6N4O6/c1-16(2)9-10-35-22(39)15-38-11-5-7-21(26(38)44)37-25(43)20(6-3-4-8-23(40)41)36-24(42)17-12-18(27(29,30)31)14-19(13-17)28(32,33)34/h4-5,7-8,11-14,16,20H,3,6,9-10,15H2,1-2H3,(H,35,39)(H,36,42)(H,37,43)(H,40,41). The molecular weight excluding hydrogens is 602 g/mol. The SMILES string of the molecule is CC(C)CCNC(=O)Cn1cccc(NC(=O)C(CCC=CC(=O)O)NC(=O)c2cc(C(F)(F)F)cc(C(F)(F)F)c2)c1=O. The van der Waals surface area contributed by atoms with Gasteiger partial charge >= 0.3 is 18.3 Å². The second kappa shape index (κ2) is 15.2. The van der Waals surface area contributed by atoms with Crippen molar-refractivity contribution in [2.24, 2.45) is 5.92 Å². The molecule has 0 saturated carbocycles. The van der Waals surface area contributed by atoms with Crippen LogP contribution in [0, 0.1) is 5.92 Å². The van der Waals surface area contributed by atoms with Gasteiger partial charge in [-0.2, -0.15) is 26.3 Å². The Hall–Kier alpha value is -4.63. The third-order valence-electron chi connectivity index (χ3n) is 5.99. The van der Waals surface area contributed by atoms with Gasteiger partial charge in [0.25, 0.3) is 11.5 Å². The van der Waals surface area contributed by atoms with Crippen LogP contribution in [0.15, 0.2) is 53.5 Å². The van der Waals surface area contributed by atoms with Crippen LogP contribution >= 0.6 is 0 Å². The summed E-state index contributed by atoms with van der Waals surface area (Å²) in [6, 6.07) is 1.08. The van der Waals surface area contributed by atoms with E-state index >= 15 is 0 Å².